The highest BCUT2D eigenvalue weighted by atomic mass is 16.4. The molecule has 0 unspecified atom stereocenters. The molecule has 218 valence electrons. The van der Waals surface area contributed by atoms with Gasteiger partial charge in [-0.15, -0.1) is 0 Å². The van der Waals surface area contributed by atoms with Gasteiger partial charge in [0, 0.05) is 54.7 Å². The number of nitrogens with zero attached hydrogens (tertiary/aromatic N) is 3. The van der Waals surface area contributed by atoms with Gasteiger partial charge in [-0.2, -0.15) is 0 Å². The van der Waals surface area contributed by atoms with Crippen LogP contribution in [0.3, 0.4) is 0 Å². The predicted octanol–water partition coefficient (Wildman–Crippen LogP) is 11.3. The Morgan fingerprint density at radius 3 is 1.81 bits per heavy atom. The van der Waals surface area contributed by atoms with Crippen LogP contribution in [0, 0.1) is 0 Å². The van der Waals surface area contributed by atoms with Crippen molar-refractivity contribution in [2.45, 2.75) is 0 Å². The summed E-state index contributed by atoms with van der Waals surface area (Å²) in [5.74, 6) is 1.50. The maximum Gasteiger partial charge on any atom is 0.227 e. The lowest BCUT2D eigenvalue weighted by molar-refractivity contribution is 0.590. The van der Waals surface area contributed by atoms with Crippen LogP contribution in [-0.4, -0.2) is 14.1 Å². The number of para-hydroxylation sites is 3. The maximum absolute atomic E-state index is 6.46. The van der Waals surface area contributed by atoms with Crippen LogP contribution in [0.25, 0.3) is 99.8 Å². The number of aromatic nitrogens is 3. The summed E-state index contributed by atoms with van der Waals surface area (Å²) >= 11 is 0. The second kappa shape index (κ2) is 9.09. The summed E-state index contributed by atoms with van der Waals surface area (Å²) in [6.07, 6.45) is 0. The quantitative estimate of drug-likeness (QED) is 0.203. The number of hydrogen-bond acceptors (Lipinski definition) is 2. The van der Waals surface area contributed by atoms with E-state index < -0.39 is 0 Å². The molecule has 4 nitrogen and oxygen atoms in total. The average molecular weight is 600 g/mol. The minimum absolute atomic E-state index is 0.656. The first-order valence-corrected chi connectivity index (χ1v) is 16.0. The van der Waals surface area contributed by atoms with Gasteiger partial charge < -0.3 is 13.6 Å². The Balaban J connectivity index is 1.21. The molecule has 10 aromatic rings. The fourth-order valence-corrected chi connectivity index (χ4v) is 7.91. The molecule has 1 aliphatic rings. The lowest BCUT2D eigenvalue weighted by Gasteiger charge is -2.13. The molecule has 47 heavy (non-hydrogen) atoms. The van der Waals surface area contributed by atoms with Crippen LogP contribution in [0.15, 0.2) is 156 Å². The molecular weight excluding hydrogens is 574 g/mol. The van der Waals surface area contributed by atoms with E-state index in [-0.39, 0.29) is 0 Å². The summed E-state index contributed by atoms with van der Waals surface area (Å²) in [5, 5.41) is 7.33. The SMILES string of the molecule is c1ccc(-c2nc3c(o2)-c2cccc4c(-n5c6ccccc6c6cc7c(cc65)c5ccccc5n7-c5ccccc5)ccc-3c24)cc1. The van der Waals surface area contributed by atoms with Crippen molar-refractivity contribution < 1.29 is 4.42 Å². The Kier molecular flexibility index (Phi) is 4.81. The van der Waals surface area contributed by atoms with Crippen molar-refractivity contribution in [3.63, 3.8) is 0 Å². The van der Waals surface area contributed by atoms with Crippen molar-refractivity contribution in [3.05, 3.63) is 152 Å². The Morgan fingerprint density at radius 2 is 1.06 bits per heavy atom. The molecule has 0 aliphatic heterocycles. The van der Waals surface area contributed by atoms with E-state index in [0.717, 1.165) is 39.5 Å². The van der Waals surface area contributed by atoms with Gasteiger partial charge in [0.2, 0.25) is 5.89 Å². The van der Waals surface area contributed by atoms with Gasteiger partial charge in [0.15, 0.2) is 5.76 Å². The molecule has 0 spiro atoms. The summed E-state index contributed by atoms with van der Waals surface area (Å²) in [7, 11) is 0. The standard InChI is InChI=1S/C43H25N3O/c1-3-12-26(13-4-1)43-44-41-31-22-23-37(30-18-11-19-32(40(30)31)42(41)47-43)46-36-21-10-8-17-29(36)34-24-38-33(25-39(34)46)28-16-7-9-20-35(28)45(38)27-14-5-2-6-15-27/h1-25H. The molecule has 0 radical (unpaired) electrons. The first kappa shape index (κ1) is 24.9. The molecule has 1 aliphatic carbocycles. The lowest BCUT2D eigenvalue weighted by Crippen LogP contribution is -1.96. The van der Waals surface area contributed by atoms with Gasteiger partial charge in [-0.1, -0.05) is 91.0 Å². The fourth-order valence-electron chi connectivity index (χ4n) is 7.91. The molecule has 3 aromatic heterocycles. The van der Waals surface area contributed by atoms with Gasteiger partial charge in [0.05, 0.1) is 27.8 Å². The second-order valence-corrected chi connectivity index (χ2v) is 12.4. The molecule has 0 N–H and O–H groups in total. The number of rotatable bonds is 3. The highest BCUT2D eigenvalue weighted by molar-refractivity contribution is 6.21. The van der Waals surface area contributed by atoms with Crippen LogP contribution in [0.1, 0.15) is 0 Å². The Labute approximate surface area is 269 Å². The third-order valence-corrected chi connectivity index (χ3v) is 9.89. The Bertz CT molecular complexity index is 2860. The van der Waals surface area contributed by atoms with E-state index in [2.05, 4.69) is 130 Å². The molecule has 0 bridgehead atoms. The summed E-state index contributed by atoms with van der Waals surface area (Å²) in [6, 6.07) is 54.1. The molecule has 11 rings (SSSR count). The van der Waals surface area contributed by atoms with Crippen molar-refractivity contribution >= 4 is 54.4 Å². The van der Waals surface area contributed by atoms with E-state index >= 15 is 0 Å². The minimum Gasteiger partial charge on any atom is -0.435 e. The molecule has 3 heterocycles. The van der Waals surface area contributed by atoms with Gasteiger partial charge in [-0.3, -0.25) is 0 Å². The van der Waals surface area contributed by atoms with Crippen LogP contribution >= 0.6 is 0 Å². The maximum atomic E-state index is 6.46. The zero-order valence-electron chi connectivity index (χ0n) is 25.2. The molecule has 0 saturated carbocycles. The molecule has 0 amide bonds. The normalized spacial score (nSPS) is 12.3. The van der Waals surface area contributed by atoms with Gasteiger partial charge in [0.1, 0.15) is 5.69 Å². The smallest absolute Gasteiger partial charge is 0.227 e. The van der Waals surface area contributed by atoms with Gasteiger partial charge in [0.25, 0.3) is 0 Å². The second-order valence-electron chi connectivity index (χ2n) is 12.4. The van der Waals surface area contributed by atoms with Crippen molar-refractivity contribution in [3.8, 4) is 45.4 Å². The monoisotopic (exact) mass is 599 g/mol. The van der Waals surface area contributed by atoms with E-state index in [1.54, 1.807) is 0 Å². The zero-order chi connectivity index (χ0) is 30.6. The van der Waals surface area contributed by atoms with Crippen LogP contribution in [-0.2, 0) is 0 Å². The first-order valence-electron chi connectivity index (χ1n) is 16.0. The third-order valence-electron chi connectivity index (χ3n) is 9.89. The number of benzene rings is 7. The van der Waals surface area contributed by atoms with Crippen molar-refractivity contribution in [1.82, 2.24) is 14.1 Å². The molecule has 7 aromatic carbocycles. The number of oxazole rings is 1. The fraction of sp³-hybridized carbons (Fsp3) is 0. The molecular formula is C43H25N3O. The van der Waals surface area contributed by atoms with Crippen LogP contribution in [0.5, 0.6) is 0 Å². The van der Waals surface area contributed by atoms with Gasteiger partial charge >= 0.3 is 0 Å². The highest BCUT2D eigenvalue weighted by Crippen LogP contribution is 2.50. The van der Waals surface area contributed by atoms with Crippen LogP contribution in [0.4, 0.5) is 0 Å². The van der Waals surface area contributed by atoms with Crippen molar-refractivity contribution in [1.29, 1.82) is 0 Å². The topological polar surface area (TPSA) is 35.9 Å². The Morgan fingerprint density at radius 1 is 0.447 bits per heavy atom. The summed E-state index contributed by atoms with van der Waals surface area (Å²) < 4.78 is 11.3. The molecule has 4 heteroatoms. The van der Waals surface area contributed by atoms with Crippen LogP contribution in [0.2, 0.25) is 0 Å². The molecule has 0 atom stereocenters. The predicted molar refractivity (Wildman–Crippen MR) is 193 cm³/mol. The molecule has 0 saturated heterocycles. The lowest BCUT2D eigenvalue weighted by atomic mass is 10.0. The summed E-state index contributed by atoms with van der Waals surface area (Å²) in [5.41, 5.74) is 11.2. The number of fused-ring (bicyclic) bond motifs is 9. The average Bonchev–Trinajstić information content (AvgIpc) is 3.87. The minimum atomic E-state index is 0.656. The Hall–Kier alpha value is -6.39. The van der Waals surface area contributed by atoms with Gasteiger partial charge in [-0.25, -0.2) is 4.98 Å². The molecule has 0 fully saturated rings. The van der Waals surface area contributed by atoms with Crippen molar-refractivity contribution in [2.75, 3.05) is 0 Å². The van der Waals surface area contributed by atoms with E-state index in [1.807, 2.05) is 30.3 Å². The van der Waals surface area contributed by atoms with E-state index in [4.69, 9.17) is 9.40 Å². The van der Waals surface area contributed by atoms with Crippen molar-refractivity contribution in [2.24, 2.45) is 0 Å². The number of hydrogen-bond donors (Lipinski definition) is 0. The summed E-state index contributed by atoms with van der Waals surface area (Å²) in [6.45, 7) is 0. The van der Waals surface area contributed by atoms with E-state index in [0.29, 0.717) is 5.89 Å². The van der Waals surface area contributed by atoms with E-state index in [1.165, 1.54) is 54.4 Å². The highest BCUT2D eigenvalue weighted by Gasteiger charge is 2.29. The van der Waals surface area contributed by atoms with Crippen LogP contribution < -0.4 is 0 Å². The summed E-state index contributed by atoms with van der Waals surface area (Å²) in [4.78, 5) is 5.01. The van der Waals surface area contributed by atoms with Gasteiger partial charge in [-0.05, 0) is 60.7 Å². The third kappa shape index (κ3) is 3.28. The largest absolute Gasteiger partial charge is 0.435 e. The van der Waals surface area contributed by atoms with E-state index in [9.17, 15) is 0 Å². The first-order chi connectivity index (χ1) is 23.3. The zero-order valence-corrected chi connectivity index (χ0v) is 25.2.